The monoisotopic (exact) mass is 284 g/mol. The van der Waals surface area contributed by atoms with Crippen molar-refractivity contribution in [3.63, 3.8) is 0 Å². The van der Waals surface area contributed by atoms with Crippen molar-refractivity contribution in [3.8, 4) is 0 Å². The van der Waals surface area contributed by atoms with E-state index in [1.165, 1.54) is 4.90 Å². The van der Waals surface area contributed by atoms with E-state index >= 15 is 0 Å². The van der Waals surface area contributed by atoms with Gasteiger partial charge in [-0.2, -0.15) is 0 Å². The highest BCUT2D eigenvalue weighted by Gasteiger charge is 2.17. The highest BCUT2D eigenvalue weighted by Crippen LogP contribution is 2.15. The van der Waals surface area contributed by atoms with Gasteiger partial charge in [0.15, 0.2) is 0 Å². The number of carbonyl (C=O) groups excluding carboxylic acids is 2. The van der Waals surface area contributed by atoms with E-state index in [1.807, 2.05) is 13.8 Å². The maximum Gasteiger partial charge on any atom is 0.315 e. The number of nitrogens with one attached hydrogen (secondary N) is 2. The van der Waals surface area contributed by atoms with Crippen LogP contribution in [0.3, 0.4) is 0 Å². The Morgan fingerprint density at radius 1 is 1.37 bits per heavy atom. The maximum absolute atomic E-state index is 11.6. The standard InChI is InChI=1S/C12H20N4O2S/c1-7-9(3)19-10(14-7)6-13-12(18)15-8(2)11(17)16(4)5/h8H,6H2,1-5H3,(H2,13,15,18)/t8-/m0/s1. The molecular formula is C12H20N4O2S. The number of hydrogen-bond acceptors (Lipinski definition) is 4. The molecule has 3 amide bonds. The highest BCUT2D eigenvalue weighted by atomic mass is 32.1. The number of aryl methyl sites for hydroxylation is 2. The molecule has 0 spiro atoms. The van der Waals surface area contributed by atoms with Gasteiger partial charge in [0, 0.05) is 19.0 Å². The Bertz CT molecular complexity index is 451. The number of hydrogen-bond donors (Lipinski definition) is 2. The third-order valence-corrected chi connectivity index (χ3v) is 3.70. The minimum absolute atomic E-state index is 0.143. The molecule has 1 rings (SSSR count). The van der Waals surface area contributed by atoms with Gasteiger partial charge in [-0.15, -0.1) is 11.3 Å². The van der Waals surface area contributed by atoms with Crippen molar-refractivity contribution in [3.05, 3.63) is 15.6 Å². The number of amides is 3. The van der Waals surface area contributed by atoms with Gasteiger partial charge in [-0.3, -0.25) is 4.79 Å². The minimum Gasteiger partial charge on any atom is -0.347 e. The predicted octanol–water partition coefficient (Wildman–Crippen LogP) is 1.04. The van der Waals surface area contributed by atoms with E-state index < -0.39 is 6.04 Å². The molecule has 6 nitrogen and oxygen atoms in total. The van der Waals surface area contributed by atoms with Crippen molar-refractivity contribution >= 4 is 23.3 Å². The molecule has 0 saturated heterocycles. The van der Waals surface area contributed by atoms with Gasteiger partial charge in [0.1, 0.15) is 11.0 Å². The van der Waals surface area contributed by atoms with Gasteiger partial charge >= 0.3 is 6.03 Å². The van der Waals surface area contributed by atoms with Crippen LogP contribution in [0.15, 0.2) is 0 Å². The average molecular weight is 284 g/mol. The quantitative estimate of drug-likeness (QED) is 0.867. The van der Waals surface area contributed by atoms with Gasteiger partial charge < -0.3 is 15.5 Å². The number of thiazole rings is 1. The van der Waals surface area contributed by atoms with Crippen molar-refractivity contribution in [2.75, 3.05) is 14.1 Å². The summed E-state index contributed by atoms with van der Waals surface area (Å²) in [6.07, 6.45) is 0. The number of rotatable bonds is 4. The molecule has 1 heterocycles. The van der Waals surface area contributed by atoms with Gasteiger partial charge in [0.25, 0.3) is 0 Å². The van der Waals surface area contributed by atoms with E-state index in [-0.39, 0.29) is 11.9 Å². The zero-order valence-electron chi connectivity index (χ0n) is 11.9. The number of aromatic nitrogens is 1. The first-order valence-corrected chi connectivity index (χ1v) is 6.81. The molecule has 1 aromatic heterocycles. The van der Waals surface area contributed by atoms with Crippen LogP contribution in [0.5, 0.6) is 0 Å². The lowest BCUT2D eigenvalue weighted by atomic mass is 10.3. The Balaban J connectivity index is 2.42. The van der Waals surface area contributed by atoms with E-state index in [1.54, 1.807) is 32.4 Å². The Kier molecular flexibility index (Phi) is 5.29. The summed E-state index contributed by atoms with van der Waals surface area (Å²) in [6, 6.07) is -0.914. The Labute approximate surface area is 117 Å². The summed E-state index contributed by atoms with van der Waals surface area (Å²) in [6.45, 7) is 5.95. The molecule has 0 aromatic carbocycles. The molecule has 0 unspecified atom stereocenters. The molecule has 0 aliphatic heterocycles. The van der Waals surface area contributed by atoms with Crippen LogP contribution < -0.4 is 10.6 Å². The molecule has 0 aliphatic carbocycles. The maximum atomic E-state index is 11.6. The lowest BCUT2D eigenvalue weighted by Gasteiger charge is -2.18. The lowest BCUT2D eigenvalue weighted by molar-refractivity contribution is -0.130. The van der Waals surface area contributed by atoms with Gasteiger partial charge in [-0.05, 0) is 20.8 Å². The van der Waals surface area contributed by atoms with Gasteiger partial charge in [0.05, 0.1) is 12.2 Å². The highest BCUT2D eigenvalue weighted by molar-refractivity contribution is 7.11. The van der Waals surface area contributed by atoms with E-state index in [2.05, 4.69) is 15.6 Å². The van der Waals surface area contributed by atoms with Gasteiger partial charge in [-0.1, -0.05) is 0 Å². The van der Waals surface area contributed by atoms with Crippen LogP contribution in [0, 0.1) is 13.8 Å². The molecular weight excluding hydrogens is 264 g/mol. The van der Waals surface area contributed by atoms with E-state index in [0.717, 1.165) is 15.6 Å². The van der Waals surface area contributed by atoms with Crippen molar-refractivity contribution < 1.29 is 9.59 Å². The Morgan fingerprint density at radius 3 is 2.47 bits per heavy atom. The molecule has 0 bridgehead atoms. The predicted molar refractivity (Wildman–Crippen MR) is 75.1 cm³/mol. The second kappa shape index (κ2) is 6.51. The molecule has 0 aliphatic rings. The normalized spacial score (nSPS) is 11.8. The number of urea groups is 1. The second-order valence-corrected chi connectivity index (χ2v) is 5.82. The number of nitrogens with zero attached hydrogens (tertiary/aromatic N) is 2. The first-order valence-electron chi connectivity index (χ1n) is 5.99. The minimum atomic E-state index is -0.547. The van der Waals surface area contributed by atoms with Gasteiger partial charge in [-0.25, -0.2) is 9.78 Å². The van der Waals surface area contributed by atoms with Gasteiger partial charge in [0.2, 0.25) is 5.91 Å². The fraction of sp³-hybridized carbons (Fsp3) is 0.583. The van der Waals surface area contributed by atoms with Crippen LogP contribution in [0.4, 0.5) is 4.79 Å². The Hall–Kier alpha value is -1.63. The lowest BCUT2D eigenvalue weighted by Crippen LogP contribution is -2.47. The summed E-state index contributed by atoms with van der Waals surface area (Å²) in [5, 5.41) is 6.14. The van der Waals surface area contributed by atoms with Crippen molar-refractivity contribution in [1.29, 1.82) is 0 Å². The third kappa shape index (κ3) is 4.51. The first kappa shape index (κ1) is 15.4. The fourth-order valence-corrected chi connectivity index (χ4v) is 2.34. The molecule has 1 aromatic rings. The summed E-state index contributed by atoms with van der Waals surface area (Å²) in [7, 11) is 3.30. The molecule has 0 radical (unpaired) electrons. The van der Waals surface area contributed by atoms with Crippen molar-refractivity contribution in [1.82, 2.24) is 20.5 Å². The third-order valence-electron chi connectivity index (χ3n) is 2.63. The summed E-state index contributed by atoms with van der Waals surface area (Å²) in [5.41, 5.74) is 0.985. The van der Waals surface area contributed by atoms with E-state index in [4.69, 9.17) is 0 Å². The largest absolute Gasteiger partial charge is 0.347 e. The molecule has 0 fully saturated rings. The van der Waals surface area contributed by atoms with Crippen LogP contribution in [0.1, 0.15) is 22.5 Å². The molecule has 0 saturated carbocycles. The van der Waals surface area contributed by atoms with Crippen LogP contribution in [0.2, 0.25) is 0 Å². The summed E-state index contributed by atoms with van der Waals surface area (Å²) in [5.74, 6) is -0.143. The smallest absolute Gasteiger partial charge is 0.315 e. The van der Waals surface area contributed by atoms with Crippen molar-refractivity contribution in [2.45, 2.75) is 33.4 Å². The molecule has 106 valence electrons. The summed E-state index contributed by atoms with van der Waals surface area (Å²) >= 11 is 1.56. The summed E-state index contributed by atoms with van der Waals surface area (Å²) < 4.78 is 0. The molecule has 2 N–H and O–H groups in total. The molecule has 7 heteroatoms. The fourth-order valence-electron chi connectivity index (χ4n) is 1.47. The zero-order valence-corrected chi connectivity index (χ0v) is 12.7. The Morgan fingerprint density at radius 2 is 2.00 bits per heavy atom. The average Bonchev–Trinajstić information content (AvgIpc) is 2.65. The zero-order chi connectivity index (χ0) is 14.6. The first-order chi connectivity index (χ1) is 8.81. The van der Waals surface area contributed by atoms with Crippen LogP contribution in [-0.2, 0) is 11.3 Å². The van der Waals surface area contributed by atoms with Crippen LogP contribution in [0.25, 0.3) is 0 Å². The summed E-state index contributed by atoms with van der Waals surface area (Å²) in [4.78, 5) is 30.1. The van der Waals surface area contributed by atoms with Crippen molar-refractivity contribution in [2.24, 2.45) is 0 Å². The molecule has 19 heavy (non-hydrogen) atoms. The molecule has 1 atom stereocenters. The van der Waals surface area contributed by atoms with Crippen LogP contribution in [-0.4, -0.2) is 42.0 Å². The topological polar surface area (TPSA) is 74.3 Å². The number of likely N-dealkylation sites (N-methyl/N-ethyl adjacent to an activating group) is 1. The number of carbonyl (C=O) groups is 2. The van der Waals surface area contributed by atoms with Crippen LogP contribution >= 0.6 is 11.3 Å². The second-order valence-electron chi connectivity index (χ2n) is 4.53. The van der Waals surface area contributed by atoms with E-state index in [0.29, 0.717) is 6.54 Å². The SMILES string of the molecule is Cc1nc(CNC(=O)N[C@@H](C)C(=O)N(C)C)sc1C. The van der Waals surface area contributed by atoms with E-state index in [9.17, 15) is 9.59 Å².